The van der Waals surface area contributed by atoms with Gasteiger partial charge in [-0.05, 0) is 39.7 Å². The molecular weight excluding hydrogens is 334 g/mol. The van der Waals surface area contributed by atoms with Crippen LogP contribution in [0.2, 0.25) is 0 Å². The maximum absolute atomic E-state index is 5.19. The van der Waals surface area contributed by atoms with Gasteiger partial charge in [0.05, 0.1) is 7.11 Å². The van der Waals surface area contributed by atoms with Crippen molar-refractivity contribution >= 4 is 31.9 Å². The van der Waals surface area contributed by atoms with E-state index in [1.807, 2.05) is 36.5 Å². The number of hydrogen-bond donors (Lipinski definition) is 0. The molecule has 0 aliphatic rings. The lowest BCUT2D eigenvalue weighted by atomic mass is 10.1. The van der Waals surface area contributed by atoms with Crippen molar-refractivity contribution in [3.05, 3.63) is 45.6 Å². The first kappa shape index (κ1) is 11.6. The number of pyridine rings is 1. The van der Waals surface area contributed by atoms with E-state index in [1.165, 1.54) is 0 Å². The Labute approximate surface area is 111 Å². The Morgan fingerprint density at radius 1 is 1.19 bits per heavy atom. The first-order chi connectivity index (χ1) is 7.70. The van der Waals surface area contributed by atoms with Gasteiger partial charge in [0, 0.05) is 16.2 Å². The molecule has 16 heavy (non-hydrogen) atoms. The second-order valence-corrected chi connectivity index (χ2v) is 4.89. The molecule has 0 fully saturated rings. The highest BCUT2D eigenvalue weighted by Gasteiger charge is 2.05. The molecule has 0 atom stereocenters. The Hall–Kier alpha value is -0.870. The summed E-state index contributed by atoms with van der Waals surface area (Å²) < 4.78 is 7.01. The minimum Gasteiger partial charge on any atom is -0.497 e. The minimum atomic E-state index is 0.811. The summed E-state index contributed by atoms with van der Waals surface area (Å²) in [5.41, 5.74) is 2.12. The fourth-order valence-corrected chi connectivity index (χ4v) is 2.60. The van der Waals surface area contributed by atoms with Crippen LogP contribution in [0.15, 0.2) is 45.6 Å². The summed E-state index contributed by atoms with van der Waals surface area (Å²) in [7, 11) is 1.66. The molecule has 0 amide bonds. The van der Waals surface area contributed by atoms with E-state index in [2.05, 4.69) is 36.8 Å². The van der Waals surface area contributed by atoms with Crippen molar-refractivity contribution in [2.24, 2.45) is 0 Å². The molecule has 0 unspecified atom stereocenters. The Kier molecular flexibility index (Phi) is 3.61. The van der Waals surface area contributed by atoms with Crippen molar-refractivity contribution in [2.45, 2.75) is 0 Å². The van der Waals surface area contributed by atoms with Crippen LogP contribution >= 0.6 is 31.9 Å². The van der Waals surface area contributed by atoms with Crippen LogP contribution in [0.3, 0.4) is 0 Å². The summed E-state index contributed by atoms with van der Waals surface area (Å²) in [5, 5.41) is 0. The monoisotopic (exact) mass is 341 g/mol. The number of rotatable bonds is 2. The lowest BCUT2D eigenvalue weighted by Gasteiger charge is -2.06. The first-order valence-electron chi connectivity index (χ1n) is 4.66. The van der Waals surface area contributed by atoms with Crippen LogP contribution in [-0.2, 0) is 0 Å². The Balaban J connectivity index is 2.49. The third-order valence-electron chi connectivity index (χ3n) is 2.20. The predicted octanol–water partition coefficient (Wildman–Crippen LogP) is 4.28. The van der Waals surface area contributed by atoms with Crippen LogP contribution < -0.4 is 4.74 Å². The predicted molar refractivity (Wildman–Crippen MR) is 71.6 cm³/mol. The molecule has 0 aliphatic carbocycles. The van der Waals surface area contributed by atoms with Gasteiger partial charge < -0.3 is 4.74 Å². The van der Waals surface area contributed by atoms with Crippen LogP contribution in [-0.4, -0.2) is 12.1 Å². The summed E-state index contributed by atoms with van der Waals surface area (Å²) in [6.45, 7) is 0. The van der Waals surface area contributed by atoms with Gasteiger partial charge in [-0.3, -0.25) is 0 Å². The Morgan fingerprint density at radius 2 is 2.00 bits per heavy atom. The molecule has 2 nitrogen and oxygen atoms in total. The minimum absolute atomic E-state index is 0.811. The zero-order valence-electron chi connectivity index (χ0n) is 8.58. The summed E-state index contributed by atoms with van der Waals surface area (Å²) in [5.74, 6) is 0.840. The average Bonchev–Trinajstić information content (AvgIpc) is 2.29. The number of aromatic nitrogens is 1. The van der Waals surface area contributed by atoms with Gasteiger partial charge >= 0.3 is 0 Å². The van der Waals surface area contributed by atoms with Crippen LogP contribution in [0.25, 0.3) is 11.1 Å². The van der Waals surface area contributed by atoms with E-state index in [9.17, 15) is 0 Å². The molecule has 2 aromatic rings. The number of nitrogens with zero attached hydrogens (tertiary/aromatic N) is 1. The zero-order valence-corrected chi connectivity index (χ0v) is 11.7. The van der Waals surface area contributed by atoms with Crippen molar-refractivity contribution in [3.63, 3.8) is 0 Å². The Morgan fingerprint density at radius 3 is 2.69 bits per heavy atom. The van der Waals surface area contributed by atoms with Gasteiger partial charge in [0.2, 0.25) is 0 Å². The fraction of sp³-hybridized carbons (Fsp3) is 0.0833. The van der Waals surface area contributed by atoms with E-state index in [0.717, 1.165) is 26.0 Å². The van der Waals surface area contributed by atoms with Crippen molar-refractivity contribution < 1.29 is 4.74 Å². The Bertz CT molecular complexity index is 514. The summed E-state index contributed by atoms with van der Waals surface area (Å²) >= 11 is 6.85. The highest BCUT2D eigenvalue weighted by molar-refractivity contribution is 9.11. The SMILES string of the molecule is COc1cccc(-c2cnc(Br)cc2Br)c1. The number of ether oxygens (including phenoxy) is 1. The molecule has 4 heteroatoms. The van der Waals surface area contributed by atoms with E-state index < -0.39 is 0 Å². The van der Waals surface area contributed by atoms with Crippen LogP contribution in [0.4, 0.5) is 0 Å². The van der Waals surface area contributed by atoms with Crippen molar-refractivity contribution in [1.29, 1.82) is 0 Å². The van der Waals surface area contributed by atoms with Gasteiger partial charge in [0.1, 0.15) is 10.4 Å². The van der Waals surface area contributed by atoms with Gasteiger partial charge in [-0.25, -0.2) is 4.98 Å². The normalized spacial score (nSPS) is 10.2. The topological polar surface area (TPSA) is 22.1 Å². The van der Waals surface area contributed by atoms with Crippen molar-refractivity contribution in [2.75, 3.05) is 7.11 Å². The summed E-state index contributed by atoms with van der Waals surface area (Å²) in [6.07, 6.45) is 1.82. The summed E-state index contributed by atoms with van der Waals surface area (Å²) in [6, 6.07) is 9.81. The highest BCUT2D eigenvalue weighted by Crippen LogP contribution is 2.31. The number of hydrogen-bond acceptors (Lipinski definition) is 2. The summed E-state index contributed by atoms with van der Waals surface area (Å²) in [4.78, 5) is 4.22. The van der Waals surface area contributed by atoms with Crippen LogP contribution in [0.5, 0.6) is 5.75 Å². The molecule has 0 spiro atoms. The number of benzene rings is 1. The van der Waals surface area contributed by atoms with E-state index in [-0.39, 0.29) is 0 Å². The van der Waals surface area contributed by atoms with Gasteiger partial charge in [-0.1, -0.05) is 28.1 Å². The number of methoxy groups -OCH3 is 1. The van der Waals surface area contributed by atoms with E-state index in [1.54, 1.807) is 7.11 Å². The fourth-order valence-electron chi connectivity index (χ4n) is 1.41. The lowest BCUT2D eigenvalue weighted by Crippen LogP contribution is -1.86. The molecule has 82 valence electrons. The standard InChI is InChI=1S/C12H9Br2NO/c1-16-9-4-2-3-8(5-9)10-7-15-12(14)6-11(10)13/h2-7H,1H3. The molecule has 0 aliphatic heterocycles. The number of halogens is 2. The molecule has 0 bridgehead atoms. The molecule has 0 N–H and O–H groups in total. The maximum Gasteiger partial charge on any atom is 0.119 e. The molecule has 2 rings (SSSR count). The smallest absolute Gasteiger partial charge is 0.119 e. The highest BCUT2D eigenvalue weighted by atomic mass is 79.9. The van der Waals surface area contributed by atoms with Crippen molar-refractivity contribution in [1.82, 2.24) is 4.98 Å². The van der Waals surface area contributed by atoms with Gasteiger partial charge in [-0.2, -0.15) is 0 Å². The molecule has 1 aromatic carbocycles. The van der Waals surface area contributed by atoms with Gasteiger partial charge in [0.15, 0.2) is 0 Å². The second kappa shape index (κ2) is 4.97. The molecule has 0 saturated heterocycles. The lowest BCUT2D eigenvalue weighted by molar-refractivity contribution is 0.415. The zero-order chi connectivity index (χ0) is 11.5. The van der Waals surface area contributed by atoms with E-state index in [0.29, 0.717) is 0 Å². The molecule has 1 heterocycles. The third-order valence-corrected chi connectivity index (χ3v) is 3.29. The van der Waals surface area contributed by atoms with Crippen LogP contribution in [0, 0.1) is 0 Å². The van der Waals surface area contributed by atoms with Crippen molar-refractivity contribution in [3.8, 4) is 16.9 Å². The third kappa shape index (κ3) is 2.44. The first-order valence-corrected chi connectivity index (χ1v) is 6.25. The largest absolute Gasteiger partial charge is 0.497 e. The van der Waals surface area contributed by atoms with E-state index in [4.69, 9.17) is 4.74 Å². The molecule has 1 aromatic heterocycles. The van der Waals surface area contributed by atoms with Gasteiger partial charge in [-0.15, -0.1) is 0 Å². The van der Waals surface area contributed by atoms with E-state index >= 15 is 0 Å². The molecular formula is C12H9Br2NO. The second-order valence-electron chi connectivity index (χ2n) is 3.22. The maximum atomic E-state index is 5.19. The molecule has 0 saturated carbocycles. The molecule has 0 radical (unpaired) electrons. The quantitative estimate of drug-likeness (QED) is 0.760. The van der Waals surface area contributed by atoms with Gasteiger partial charge in [0.25, 0.3) is 0 Å². The average molecular weight is 343 g/mol. The van der Waals surface area contributed by atoms with Crippen LogP contribution in [0.1, 0.15) is 0 Å².